The number of piperidine rings is 1. The number of β-amino-alcohol motifs (C(OH)–C–C–N with tert-alkyl or cyclic N) is 1. The number of primary amides is 1. The van der Waals surface area contributed by atoms with Crippen LogP contribution in [0, 0.1) is 18.3 Å². The van der Waals surface area contributed by atoms with Crippen LogP contribution in [-0.4, -0.2) is 100 Å². The Morgan fingerprint density at radius 3 is 2.19 bits per heavy atom. The van der Waals surface area contributed by atoms with Crippen molar-refractivity contribution in [3.8, 4) is 10.4 Å². The molecule has 0 bridgehead atoms. The van der Waals surface area contributed by atoms with Crippen molar-refractivity contribution in [2.24, 2.45) is 17.1 Å². The first-order valence-corrected chi connectivity index (χ1v) is 23.3. The third-order valence-electron chi connectivity index (χ3n) is 11.9. The Bertz CT molecular complexity index is 2040. The van der Waals surface area contributed by atoms with Gasteiger partial charge in [-0.1, -0.05) is 57.2 Å². The predicted molar refractivity (Wildman–Crippen MR) is 248 cm³/mol. The maximum absolute atomic E-state index is 14.1. The van der Waals surface area contributed by atoms with Crippen LogP contribution in [0.4, 0.5) is 10.5 Å². The third-order valence-corrected chi connectivity index (χ3v) is 12.9. The lowest BCUT2D eigenvalue weighted by atomic mass is 9.85. The fraction of sp³-hybridized carbons (Fsp3) is 0.583. The number of thiazole rings is 1. The zero-order chi connectivity index (χ0) is 46.8. The number of rotatable bonds is 18. The van der Waals surface area contributed by atoms with Gasteiger partial charge in [-0.15, -0.1) is 11.3 Å². The molecule has 5 rings (SSSR count). The number of carbonyl (C=O) groups excluding carboxylic acids is 5. The molecular weight excluding hydrogens is 835 g/mol. The Hall–Kier alpha value is -5.06. The maximum Gasteiger partial charge on any atom is 0.407 e. The van der Waals surface area contributed by atoms with E-state index >= 15 is 0 Å². The Morgan fingerprint density at radius 2 is 1.59 bits per heavy atom. The van der Waals surface area contributed by atoms with Gasteiger partial charge in [0.1, 0.15) is 17.7 Å². The smallest absolute Gasteiger partial charge is 0.407 e. The third kappa shape index (κ3) is 14.7. The summed E-state index contributed by atoms with van der Waals surface area (Å²) in [6, 6.07) is 13.9. The van der Waals surface area contributed by atoms with Gasteiger partial charge in [0.05, 0.1) is 40.9 Å². The minimum Gasteiger partial charge on any atom is -0.444 e. The SMILES string of the molecule is Cc1ncsc1-c1ccc(CNC(=O)[C@@H]2C[C@@H](O)CN2C(=O)[C@@H](NC(=O)CCC2CCN(c3ccc(CO[C@H](C)[C@H](CCC(N)=O)NC(=O)OC(C)(C)C)cc3)CC2)C(C)(C)C)cc1. The summed E-state index contributed by atoms with van der Waals surface area (Å²) in [5, 5.41) is 19.4. The Balaban J connectivity index is 1.06. The zero-order valence-corrected chi connectivity index (χ0v) is 39.6. The Labute approximate surface area is 382 Å². The van der Waals surface area contributed by atoms with E-state index in [1.54, 1.807) is 32.1 Å². The van der Waals surface area contributed by atoms with E-state index < -0.39 is 53.3 Å². The zero-order valence-electron chi connectivity index (χ0n) is 38.8. The lowest BCUT2D eigenvalue weighted by Crippen LogP contribution is -2.57. The van der Waals surface area contributed by atoms with Gasteiger partial charge < -0.3 is 46.1 Å². The molecule has 2 aliphatic heterocycles. The highest BCUT2D eigenvalue weighted by atomic mass is 32.1. The number of aliphatic hydroxyl groups excluding tert-OH is 1. The second-order valence-corrected chi connectivity index (χ2v) is 20.2. The summed E-state index contributed by atoms with van der Waals surface area (Å²) in [5.41, 5.74) is 10.9. The summed E-state index contributed by atoms with van der Waals surface area (Å²) >= 11 is 1.58. The quantitative estimate of drug-likeness (QED) is 0.101. The molecule has 5 amide bonds. The minimum atomic E-state index is -0.876. The highest BCUT2D eigenvalue weighted by Gasteiger charge is 2.44. The van der Waals surface area contributed by atoms with E-state index in [1.807, 2.05) is 76.5 Å². The van der Waals surface area contributed by atoms with Gasteiger partial charge in [0.2, 0.25) is 23.6 Å². The van der Waals surface area contributed by atoms with Crippen LogP contribution in [0.3, 0.4) is 0 Å². The van der Waals surface area contributed by atoms with Crippen molar-refractivity contribution in [2.75, 3.05) is 24.5 Å². The topological polar surface area (TPSA) is 206 Å². The summed E-state index contributed by atoms with van der Waals surface area (Å²) < 4.78 is 11.5. The second kappa shape index (κ2) is 22.2. The first-order valence-electron chi connectivity index (χ1n) is 22.4. The maximum atomic E-state index is 14.1. The molecule has 2 aromatic carbocycles. The van der Waals surface area contributed by atoms with Gasteiger partial charge in [-0.3, -0.25) is 19.2 Å². The number of aryl methyl sites for hydroxylation is 1. The molecule has 350 valence electrons. The molecule has 16 heteroatoms. The van der Waals surface area contributed by atoms with Gasteiger partial charge in [-0.05, 0) is 100 Å². The number of ether oxygens (including phenoxy) is 2. The Morgan fingerprint density at radius 1 is 0.938 bits per heavy atom. The van der Waals surface area contributed by atoms with Gasteiger partial charge in [0.25, 0.3) is 0 Å². The summed E-state index contributed by atoms with van der Waals surface area (Å²) in [5.74, 6) is -1.03. The summed E-state index contributed by atoms with van der Waals surface area (Å²) in [7, 11) is 0. The first-order chi connectivity index (χ1) is 30.2. The Kier molecular flexibility index (Phi) is 17.3. The summed E-state index contributed by atoms with van der Waals surface area (Å²) in [6.45, 7) is 17.1. The number of nitrogens with two attached hydrogens (primary N) is 1. The molecule has 5 atom stereocenters. The van der Waals surface area contributed by atoms with Crippen LogP contribution in [-0.2, 0) is 41.8 Å². The van der Waals surface area contributed by atoms with E-state index in [0.717, 1.165) is 58.9 Å². The van der Waals surface area contributed by atoms with E-state index in [9.17, 15) is 29.1 Å². The van der Waals surface area contributed by atoms with E-state index in [2.05, 4.69) is 38.0 Å². The molecule has 2 aliphatic rings. The molecule has 0 aliphatic carbocycles. The average Bonchev–Trinajstić information content (AvgIpc) is 3.86. The molecule has 0 saturated carbocycles. The highest BCUT2D eigenvalue weighted by molar-refractivity contribution is 7.13. The lowest BCUT2D eigenvalue weighted by Gasteiger charge is -2.36. The fourth-order valence-electron chi connectivity index (χ4n) is 8.16. The van der Waals surface area contributed by atoms with Crippen molar-refractivity contribution in [3.05, 3.63) is 70.9 Å². The number of likely N-dealkylation sites (tertiary alicyclic amines) is 1. The number of alkyl carbamates (subject to hydrolysis) is 1. The number of amides is 5. The van der Waals surface area contributed by atoms with Crippen molar-refractivity contribution in [2.45, 2.75) is 149 Å². The molecule has 0 unspecified atom stereocenters. The van der Waals surface area contributed by atoms with Crippen LogP contribution in [0.2, 0.25) is 0 Å². The molecule has 2 saturated heterocycles. The molecule has 64 heavy (non-hydrogen) atoms. The van der Waals surface area contributed by atoms with Crippen LogP contribution < -0.4 is 26.6 Å². The fourth-order valence-corrected chi connectivity index (χ4v) is 8.97. The van der Waals surface area contributed by atoms with Gasteiger partial charge in [-0.2, -0.15) is 0 Å². The molecule has 3 heterocycles. The van der Waals surface area contributed by atoms with E-state index in [-0.39, 0.29) is 50.1 Å². The molecule has 1 aromatic heterocycles. The monoisotopic (exact) mass is 903 g/mol. The van der Waals surface area contributed by atoms with Crippen LogP contribution in [0.5, 0.6) is 0 Å². The van der Waals surface area contributed by atoms with Crippen molar-refractivity contribution in [1.29, 1.82) is 0 Å². The molecule has 2 fully saturated rings. The van der Waals surface area contributed by atoms with Crippen LogP contribution >= 0.6 is 11.3 Å². The van der Waals surface area contributed by atoms with Gasteiger partial charge in [-0.25, -0.2) is 9.78 Å². The molecule has 15 nitrogen and oxygen atoms in total. The molecule has 0 radical (unpaired) electrons. The standard InChI is InChI=1S/C48H69N7O8S/c1-30-42(64-29-51-30)35-14-9-33(10-15-35)26-50-44(59)39-25-37(56)27-55(39)45(60)43(47(3,4)5)53-41(58)20-13-32-21-23-54(24-22-32)36-16-11-34(12-17-36)28-62-31(2)38(18-19-40(49)57)52-46(61)63-48(6,7)8/h9-12,14-17,29,31-32,37-39,43,56H,13,18-28H2,1-8H3,(H2,49,57)(H,50,59)(H,52,61)(H,53,58)/t31-,37-,38+,39+,43-/m1/s1. The van der Waals surface area contributed by atoms with Crippen LogP contribution in [0.1, 0.15) is 110 Å². The number of carbonyl (C=O) groups is 5. The summed E-state index contributed by atoms with van der Waals surface area (Å²) in [4.78, 5) is 74.2. The van der Waals surface area contributed by atoms with Gasteiger partial charge in [0.15, 0.2) is 0 Å². The van der Waals surface area contributed by atoms with Crippen LogP contribution in [0.15, 0.2) is 54.0 Å². The largest absolute Gasteiger partial charge is 0.444 e. The van der Waals surface area contributed by atoms with Gasteiger partial charge >= 0.3 is 6.09 Å². The number of anilines is 1. The predicted octanol–water partition coefficient (Wildman–Crippen LogP) is 5.99. The summed E-state index contributed by atoms with van der Waals surface area (Å²) in [6.07, 6.45) is 1.55. The number of nitrogens with zero attached hydrogens (tertiary/aromatic N) is 3. The van der Waals surface area contributed by atoms with Crippen molar-refractivity contribution in [1.82, 2.24) is 25.8 Å². The molecular formula is C48H69N7O8S. The van der Waals surface area contributed by atoms with Crippen molar-refractivity contribution >= 4 is 46.7 Å². The molecule has 6 N–H and O–H groups in total. The molecule has 3 aromatic rings. The highest BCUT2D eigenvalue weighted by Crippen LogP contribution is 2.30. The number of aliphatic hydroxyl groups is 1. The normalized spacial score (nSPS) is 18.5. The van der Waals surface area contributed by atoms with E-state index in [1.165, 1.54) is 4.90 Å². The van der Waals surface area contributed by atoms with Crippen LogP contribution in [0.25, 0.3) is 10.4 Å². The molecule has 0 spiro atoms. The first kappa shape index (κ1) is 49.9. The van der Waals surface area contributed by atoms with Crippen molar-refractivity contribution in [3.63, 3.8) is 0 Å². The van der Waals surface area contributed by atoms with Gasteiger partial charge in [0, 0.05) is 51.1 Å². The van der Waals surface area contributed by atoms with E-state index in [4.69, 9.17) is 15.2 Å². The lowest BCUT2D eigenvalue weighted by molar-refractivity contribution is -0.144. The van der Waals surface area contributed by atoms with Crippen molar-refractivity contribution < 1.29 is 38.6 Å². The second-order valence-electron chi connectivity index (χ2n) is 19.4. The van der Waals surface area contributed by atoms with E-state index in [0.29, 0.717) is 25.4 Å². The number of hydrogen-bond donors (Lipinski definition) is 5. The number of nitrogens with one attached hydrogen (secondary N) is 3. The number of benzene rings is 2. The minimum absolute atomic E-state index is 0.0196. The number of aromatic nitrogens is 1. The average molecular weight is 904 g/mol. The number of hydrogen-bond acceptors (Lipinski definition) is 11.